The van der Waals surface area contributed by atoms with Gasteiger partial charge in [0.25, 0.3) is 0 Å². The number of aliphatic hydroxyl groups is 5. The number of nitrogens with two attached hydrogens (primary N) is 1. The van der Waals surface area contributed by atoms with E-state index in [4.69, 9.17) is 10.5 Å². The Bertz CT molecular complexity index is 649. The summed E-state index contributed by atoms with van der Waals surface area (Å²) in [5.74, 6) is -3.07. The van der Waals surface area contributed by atoms with Gasteiger partial charge in [0.05, 0.1) is 19.4 Å². The van der Waals surface area contributed by atoms with Gasteiger partial charge in [0.2, 0.25) is 18.0 Å². The van der Waals surface area contributed by atoms with Gasteiger partial charge in [-0.1, -0.05) is 0 Å². The second-order valence-corrected chi connectivity index (χ2v) is 5.36. The molecular weight excluding hydrogens is 317 g/mol. The van der Waals surface area contributed by atoms with Crippen LogP contribution in [0.3, 0.4) is 0 Å². The van der Waals surface area contributed by atoms with Crippen LogP contribution in [0.15, 0.2) is 11.2 Å². The number of alkyl halides is 1. The number of halogens is 1. The van der Waals surface area contributed by atoms with Gasteiger partial charge < -0.3 is 36.0 Å². The van der Waals surface area contributed by atoms with E-state index in [0.29, 0.717) is 0 Å². The number of nitrogens with one attached hydrogen (secondary N) is 1. The van der Waals surface area contributed by atoms with Gasteiger partial charge in [0, 0.05) is 0 Å². The highest BCUT2D eigenvalue weighted by Gasteiger charge is 2.65. The van der Waals surface area contributed by atoms with Gasteiger partial charge in [-0.2, -0.15) is 0 Å². The second-order valence-electron chi connectivity index (χ2n) is 5.36. The van der Waals surface area contributed by atoms with Gasteiger partial charge in [0.1, 0.15) is 17.4 Å². The Morgan fingerprint density at radius 1 is 1.39 bits per heavy atom. The SMILES string of the molecule is NC1=NC(O)c2ncc([C@]3(O)OC(CO)(CO)[C@@H](O)[C@H]3F)n2N1. The summed E-state index contributed by atoms with van der Waals surface area (Å²) in [4.78, 5) is 7.39. The van der Waals surface area contributed by atoms with Gasteiger partial charge in [-0.3, -0.25) is 5.43 Å². The largest absolute Gasteiger partial charge is 0.393 e. The molecule has 0 saturated carbocycles. The maximum absolute atomic E-state index is 14.5. The van der Waals surface area contributed by atoms with E-state index in [0.717, 1.165) is 10.9 Å². The highest BCUT2D eigenvalue weighted by atomic mass is 19.1. The first-order chi connectivity index (χ1) is 10.8. The van der Waals surface area contributed by atoms with Gasteiger partial charge in [-0.05, 0) is 0 Å². The van der Waals surface area contributed by atoms with Crippen molar-refractivity contribution in [2.45, 2.75) is 29.9 Å². The van der Waals surface area contributed by atoms with Crippen LogP contribution in [-0.2, 0) is 10.5 Å². The molecule has 1 aromatic rings. The molecule has 0 spiro atoms. The standard InChI is InChI=1S/C11H16FN5O6/c12-5-6(20)10(2-18,3-19)23-11(5,22)4-1-14-7-8(21)15-9(13)16-17(4)7/h1,5-6,8,18-22H,2-3H2,(H3,13,15,16)/t5-,6+,8?,11+/m1/s1. The molecule has 0 aromatic carbocycles. The Morgan fingerprint density at radius 3 is 2.61 bits per heavy atom. The predicted octanol–water partition coefficient (Wildman–Crippen LogP) is -3.66. The minimum Gasteiger partial charge on any atom is -0.393 e. The third-order valence-electron chi connectivity index (χ3n) is 3.96. The quantitative estimate of drug-likeness (QED) is 0.293. The fourth-order valence-corrected chi connectivity index (χ4v) is 2.65. The number of imidazole rings is 1. The molecule has 23 heavy (non-hydrogen) atoms. The van der Waals surface area contributed by atoms with Gasteiger partial charge in [-0.25, -0.2) is 19.0 Å². The van der Waals surface area contributed by atoms with Crippen molar-refractivity contribution in [2.24, 2.45) is 10.7 Å². The molecule has 4 atom stereocenters. The summed E-state index contributed by atoms with van der Waals surface area (Å²) in [5.41, 5.74) is 5.47. The minimum absolute atomic E-state index is 0.0987. The van der Waals surface area contributed by atoms with Crippen molar-refractivity contribution in [3.8, 4) is 0 Å². The van der Waals surface area contributed by atoms with Crippen LogP contribution in [0.25, 0.3) is 0 Å². The Labute approximate surface area is 128 Å². The molecule has 2 aliphatic heterocycles. The van der Waals surface area contributed by atoms with Crippen LogP contribution < -0.4 is 11.2 Å². The molecule has 1 fully saturated rings. The molecular formula is C11H16FN5O6. The summed E-state index contributed by atoms with van der Waals surface area (Å²) in [5, 5.41) is 48.9. The zero-order chi connectivity index (χ0) is 17.0. The first-order valence-corrected chi connectivity index (χ1v) is 6.62. The van der Waals surface area contributed by atoms with E-state index in [1.54, 1.807) is 0 Å². The number of ether oxygens (including phenoxy) is 1. The van der Waals surface area contributed by atoms with Crippen molar-refractivity contribution in [3.05, 3.63) is 17.7 Å². The highest BCUT2D eigenvalue weighted by molar-refractivity contribution is 5.86. The topological polar surface area (TPSA) is 179 Å². The van der Waals surface area contributed by atoms with Crippen molar-refractivity contribution in [1.29, 1.82) is 0 Å². The molecule has 0 bridgehead atoms. The molecule has 12 heteroatoms. The fraction of sp³-hybridized carbons (Fsp3) is 0.636. The van der Waals surface area contributed by atoms with E-state index < -0.39 is 43.1 Å². The summed E-state index contributed by atoms with van der Waals surface area (Å²) >= 11 is 0. The van der Waals surface area contributed by atoms with Crippen LogP contribution in [0, 0.1) is 0 Å². The van der Waals surface area contributed by atoms with Gasteiger partial charge in [0.15, 0.2) is 12.0 Å². The number of aliphatic imine (C=N–C) groups is 1. The first-order valence-electron chi connectivity index (χ1n) is 6.62. The van der Waals surface area contributed by atoms with Crippen molar-refractivity contribution in [2.75, 3.05) is 18.6 Å². The van der Waals surface area contributed by atoms with E-state index in [2.05, 4.69) is 15.4 Å². The molecule has 0 radical (unpaired) electrons. The average Bonchev–Trinajstić information content (AvgIpc) is 3.02. The van der Waals surface area contributed by atoms with Crippen molar-refractivity contribution < 1.29 is 34.7 Å². The van der Waals surface area contributed by atoms with Crippen LogP contribution >= 0.6 is 0 Å². The zero-order valence-electron chi connectivity index (χ0n) is 11.7. The molecule has 0 aliphatic carbocycles. The van der Waals surface area contributed by atoms with Crippen molar-refractivity contribution in [1.82, 2.24) is 9.66 Å². The molecule has 3 rings (SSSR count). The monoisotopic (exact) mass is 333 g/mol. The number of aliphatic hydroxyl groups excluding tert-OH is 4. The van der Waals surface area contributed by atoms with E-state index in [1.807, 2.05) is 0 Å². The second kappa shape index (κ2) is 5.09. The number of hydrogen-bond acceptors (Lipinski definition) is 10. The number of fused-ring (bicyclic) bond motifs is 1. The lowest BCUT2D eigenvalue weighted by Crippen LogP contribution is -2.48. The van der Waals surface area contributed by atoms with Crippen LogP contribution in [0.2, 0.25) is 0 Å². The Morgan fingerprint density at radius 2 is 2.04 bits per heavy atom. The third kappa shape index (κ3) is 2.04. The highest BCUT2D eigenvalue weighted by Crippen LogP contribution is 2.45. The van der Waals surface area contributed by atoms with Crippen LogP contribution in [0.5, 0.6) is 0 Å². The molecule has 11 nitrogen and oxygen atoms in total. The lowest BCUT2D eigenvalue weighted by atomic mass is 9.95. The first kappa shape index (κ1) is 16.0. The predicted molar refractivity (Wildman–Crippen MR) is 71.0 cm³/mol. The summed E-state index contributed by atoms with van der Waals surface area (Å²) in [6, 6.07) is 0. The summed E-state index contributed by atoms with van der Waals surface area (Å²) in [7, 11) is 0. The van der Waals surface area contributed by atoms with Crippen LogP contribution in [0.1, 0.15) is 17.7 Å². The van der Waals surface area contributed by atoms with Crippen molar-refractivity contribution >= 4 is 5.96 Å². The van der Waals surface area contributed by atoms with E-state index in [-0.39, 0.29) is 17.5 Å². The molecule has 0 amide bonds. The van der Waals surface area contributed by atoms with Crippen LogP contribution in [0.4, 0.5) is 4.39 Å². The summed E-state index contributed by atoms with van der Waals surface area (Å²) in [6.07, 6.45) is -4.88. The third-order valence-corrected chi connectivity index (χ3v) is 3.96. The number of guanidine groups is 1. The van der Waals surface area contributed by atoms with Gasteiger partial charge in [-0.15, -0.1) is 0 Å². The molecule has 3 heterocycles. The number of aromatic nitrogens is 2. The van der Waals surface area contributed by atoms with Gasteiger partial charge >= 0.3 is 0 Å². The molecule has 1 saturated heterocycles. The molecule has 128 valence electrons. The normalized spacial score (nSPS) is 35.6. The van der Waals surface area contributed by atoms with Crippen molar-refractivity contribution in [3.63, 3.8) is 0 Å². The number of nitrogens with zero attached hydrogens (tertiary/aromatic N) is 3. The maximum Gasteiger partial charge on any atom is 0.247 e. The Hall–Kier alpha value is -1.83. The van der Waals surface area contributed by atoms with E-state index >= 15 is 0 Å². The Kier molecular flexibility index (Phi) is 3.55. The van der Waals surface area contributed by atoms with E-state index in [9.17, 15) is 29.9 Å². The molecule has 8 N–H and O–H groups in total. The van der Waals surface area contributed by atoms with Crippen LogP contribution in [-0.4, -0.2) is 72.2 Å². The lowest BCUT2D eigenvalue weighted by molar-refractivity contribution is -0.266. The number of rotatable bonds is 3. The Balaban J connectivity index is 2.07. The minimum atomic E-state index is -2.75. The molecule has 1 aromatic heterocycles. The smallest absolute Gasteiger partial charge is 0.247 e. The fourth-order valence-electron chi connectivity index (χ4n) is 2.65. The maximum atomic E-state index is 14.5. The average molecular weight is 333 g/mol. The van der Waals surface area contributed by atoms with E-state index in [1.165, 1.54) is 0 Å². The lowest BCUT2D eigenvalue weighted by Gasteiger charge is -2.30. The number of hydrogen-bond donors (Lipinski definition) is 7. The summed E-state index contributed by atoms with van der Waals surface area (Å²) < 4.78 is 20.6. The summed E-state index contributed by atoms with van der Waals surface area (Å²) in [6.45, 7) is -1.87. The zero-order valence-corrected chi connectivity index (χ0v) is 11.7. The molecule has 2 aliphatic rings. The molecule has 1 unspecified atom stereocenters.